The monoisotopic (exact) mass is 858 g/mol. The van der Waals surface area contributed by atoms with E-state index in [0.29, 0.717) is 38.6 Å². The van der Waals surface area contributed by atoms with Crippen molar-refractivity contribution in [3.05, 3.63) is 58.7 Å². The van der Waals surface area contributed by atoms with E-state index >= 15 is 0 Å². The molecule has 4 rings (SSSR count). The molecule has 2 aliphatic rings. The van der Waals surface area contributed by atoms with Gasteiger partial charge in [-0.1, -0.05) is 64.4 Å². The SMILES string of the molecule is CCCCCc1cc(CCCCOCCCCCCN2C[C@@H](c3ccc4c(c3)COC(C)(C)O4)OC2=O)cc(N(C(=O)OC(C)(C)C)C(OCC[Si](C)(C)C)=S(=O)=O)c1. The van der Waals surface area contributed by atoms with Crippen LogP contribution in [0.25, 0.3) is 0 Å². The predicted molar refractivity (Wildman–Crippen MR) is 235 cm³/mol. The lowest BCUT2D eigenvalue weighted by Gasteiger charge is -2.32. The molecule has 2 aromatic rings. The van der Waals surface area contributed by atoms with Crippen LogP contribution in [0, 0.1) is 0 Å². The molecule has 12 nitrogen and oxygen atoms in total. The Bertz CT molecular complexity index is 1830. The van der Waals surface area contributed by atoms with E-state index in [-0.39, 0.29) is 18.8 Å². The first-order valence-electron chi connectivity index (χ1n) is 21.6. The maximum Gasteiger partial charge on any atom is 0.421 e. The fraction of sp³-hybridized carbons (Fsp3) is 0.667. The molecule has 1 atom stereocenters. The summed E-state index contributed by atoms with van der Waals surface area (Å²) in [5.41, 5.74) is 3.56. The van der Waals surface area contributed by atoms with Gasteiger partial charge < -0.3 is 33.3 Å². The first-order valence-corrected chi connectivity index (χ1v) is 26.4. The van der Waals surface area contributed by atoms with Gasteiger partial charge in [0.1, 0.15) is 17.5 Å². The van der Waals surface area contributed by atoms with Crippen LogP contribution in [-0.4, -0.2) is 83.1 Å². The van der Waals surface area contributed by atoms with E-state index in [4.69, 9.17) is 28.4 Å². The second kappa shape index (κ2) is 22.4. The van der Waals surface area contributed by atoms with Crippen molar-refractivity contribution in [1.82, 2.24) is 4.90 Å². The predicted octanol–water partition coefficient (Wildman–Crippen LogP) is 10.2. The normalized spacial score (nSPS) is 16.3. The molecule has 1 fully saturated rings. The summed E-state index contributed by atoms with van der Waals surface area (Å²) in [4.78, 5) is 29.2. The molecule has 2 aliphatic heterocycles. The van der Waals surface area contributed by atoms with Gasteiger partial charge in [-0.3, -0.25) is 0 Å². The van der Waals surface area contributed by atoms with E-state index in [2.05, 4.69) is 32.6 Å². The Morgan fingerprint density at radius 2 is 1.58 bits per heavy atom. The van der Waals surface area contributed by atoms with E-state index < -0.39 is 41.0 Å². The quantitative estimate of drug-likeness (QED) is 0.0679. The van der Waals surface area contributed by atoms with Crippen LogP contribution in [0.3, 0.4) is 0 Å². The lowest BCUT2D eigenvalue weighted by atomic mass is 10.00. The summed E-state index contributed by atoms with van der Waals surface area (Å²) in [6.07, 6.45) is 8.96. The van der Waals surface area contributed by atoms with Gasteiger partial charge in [-0.25, -0.2) is 14.5 Å². The lowest BCUT2D eigenvalue weighted by molar-refractivity contribution is -0.180. The van der Waals surface area contributed by atoms with E-state index in [9.17, 15) is 18.0 Å². The average Bonchev–Trinajstić information content (AvgIpc) is 3.51. The maximum absolute atomic E-state index is 13.7. The van der Waals surface area contributed by atoms with E-state index in [1.165, 1.54) is 0 Å². The smallest absolute Gasteiger partial charge is 0.421 e. The molecule has 0 radical (unpaired) electrons. The number of benzene rings is 2. The summed E-state index contributed by atoms with van der Waals surface area (Å²) in [6, 6.07) is 12.6. The van der Waals surface area contributed by atoms with Crippen LogP contribution < -0.4 is 9.64 Å². The van der Waals surface area contributed by atoms with Gasteiger partial charge in [0.2, 0.25) is 5.79 Å². The number of carbonyl (C=O) groups is 2. The third-order valence-corrected chi connectivity index (χ3v) is 12.4. The number of fused-ring (bicyclic) bond motifs is 1. The van der Waals surface area contributed by atoms with Gasteiger partial charge in [0, 0.05) is 47.2 Å². The van der Waals surface area contributed by atoms with Crippen LogP contribution >= 0.6 is 0 Å². The van der Waals surface area contributed by atoms with Crippen molar-refractivity contribution in [2.45, 2.75) is 162 Å². The highest BCUT2D eigenvalue weighted by molar-refractivity contribution is 7.72. The topological polar surface area (TPSA) is 130 Å². The lowest BCUT2D eigenvalue weighted by Crippen LogP contribution is -2.43. The van der Waals surface area contributed by atoms with Crippen molar-refractivity contribution in [3.63, 3.8) is 0 Å². The molecule has 0 aliphatic carbocycles. The molecule has 0 bridgehead atoms. The Morgan fingerprint density at radius 1 is 0.915 bits per heavy atom. The van der Waals surface area contributed by atoms with Crippen molar-refractivity contribution in [2.24, 2.45) is 0 Å². The zero-order chi connectivity index (χ0) is 43.2. The van der Waals surface area contributed by atoms with E-state index in [1.807, 2.05) is 44.2 Å². The zero-order valence-electron chi connectivity index (χ0n) is 37.2. The third-order valence-electron chi connectivity index (χ3n) is 10.1. The second-order valence-corrected chi connectivity index (χ2v) is 24.8. The van der Waals surface area contributed by atoms with Gasteiger partial charge in [0.25, 0.3) is 15.5 Å². The van der Waals surface area contributed by atoms with Crippen molar-refractivity contribution in [1.29, 1.82) is 0 Å². The number of rotatable bonds is 21. The number of amides is 2. The van der Waals surface area contributed by atoms with Gasteiger partial charge in [-0.15, -0.1) is 0 Å². The molecule has 2 heterocycles. The standard InChI is InChI=1S/C45H70N2O10SSi/c1-10-11-14-19-34-28-35(30-38(29-34)47(42(49)57-44(2,3)4)43(58(50)51)53-26-27-59(7,8)9)20-15-18-25-52-24-17-13-12-16-23-46-32-40(55-41(46)48)36-21-22-39-37(31-36)33-54-45(5,6)56-39/h21-22,28-31,40H,10-20,23-27,32-33H2,1-9H3/t40-/m0/s1. The second-order valence-electron chi connectivity index (χ2n) is 18.4. The van der Waals surface area contributed by atoms with E-state index in [1.54, 1.807) is 25.7 Å². The molecule has 2 amide bonds. The van der Waals surface area contributed by atoms with Crippen molar-refractivity contribution in [3.8, 4) is 5.75 Å². The molecule has 330 valence electrons. The van der Waals surface area contributed by atoms with Crippen molar-refractivity contribution >= 4 is 41.4 Å². The van der Waals surface area contributed by atoms with Crippen LogP contribution in [-0.2, 0) is 53.4 Å². The van der Waals surface area contributed by atoms with Gasteiger partial charge in [0.15, 0.2) is 0 Å². The highest BCUT2D eigenvalue weighted by atomic mass is 32.2. The van der Waals surface area contributed by atoms with Gasteiger partial charge >= 0.3 is 12.2 Å². The van der Waals surface area contributed by atoms with Crippen molar-refractivity contribution in [2.75, 3.05) is 37.8 Å². The first-order chi connectivity index (χ1) is 27.8. The third kappa shape index (κ3) is 16.5. The number of aryl methyl sites for hydroxylation is 2. The molecular weight excluding hydrogens is 789 g/mol. The van der Waals surface area contributed by atoms with Crippen LogP contribution in [0.1, 0.15) is 128 Å². The van der Waals surface area contributed by atoms with Crippen LogP contribution in [0.5, 0.6) is 5.75 Å². The molecule has 0 unspecified atom stereocenters. The van der Waals surface area contributed by atoms with Crippen LogP contribution in [0.4, 0.5) is 15.3 Å². The fourth-order valence-electron chi connectivity index (χ4n) is 6.88. The average molecular weight is 859 g/mol. The van der Waals surface area contributed by atoms with Crippen LogP contribution in [0.15, 0.2) is 36.4 Å². The Hall–Kier alpha value is -3.43. The largest absolute Gasteiger partial charge is 0.463 e. The zero-order valence-corrected chi connectivity index (χ0v) is 39.0. The minimum atomic E-state index is -2.82. The highest BCUT2D eigenvalue weighted by Crippen LogP contribution is 2.35. The molecule has 0 spiro atoms. The minimum Gasteiger partial charge on any atom is -0.463 e. The number of nitrogens with zero attached hydrogens (tertiary/aromatic N) is 2. The Labute approximate surface area is 355 Å². The molecule has 1 saturated heterocycles. The number of cyclic esters (lactones) is 1. The summed E-state index contributed by atoms with van der Waals surface area (Å²) in [6.45, 7) is 20.9. The Balaban J connectivity index is 1.23. The van der Waals surface area contributed by atoms with Gasteiger partial charge in [-0.2, -0.15) is 8.42 Å². The summed E-state index contributed by atoms with van der Waals surface area (Å²) >= 11 is 0. The molecule has 14 heteroatoms. The Kier molecular flexibility index (Phi) is 18.3. The minimum absolute atomic E-state index is 0.195. The molecular formula is C45H70N2O10SSi. The number of hydrogen-bond acceptors (Lipinski definition) is 10. The number of carbonyl (C=O) groups excluding carboxylic acids is 2. The molecule has 59 heavy (non-hydrogen) atoms. The summed E-state index contributed by atoms with van der Waals surface area (Å²) in [5, 5.41) is -0.438. The molecule has 2 aromatic carbocycles. The van der Waals surface area contributed by atoms with Gasteiger partial charge in [0.05, 0.1) is 25.4 Å². The Morgan fingerprint density at radius 3 is 2.22 bits per heavy atom. The number of hydrogen-bond donors (Lipinski definition) is 0. The van der Waals surface area contributed by atoms with E-state index in [0.717, 1.165) is 110 Å². The number of unbranched alkanes of at least 4 members (excludes halogenated alkanes) is 6. The summed E-state index contributed by atoms with van der Waals surface area (Å²) in [5.74, 6) is 0.153. The first kappa shape index (κ1) is 48.2. The van der Waals surface area contributed by atoms with Crippen LogP contribution in [0.2, 0.25) is 25.7 Å². The fourth-order valence-corrected chi connectivity index (χ4v) is 8.11. The summed E-state index contributed by atoms with van der Waals surface area (Å²) in [7, 11) is -4.35. The number of ether oxygens (including phenoxy) is 6. The molecule has 0 N–H and O–H groups in total. The summed E-state index contributed by atoms with van der Waals surface area (Å²) < 4.78 is 60.2. The van der Waals surface area contributed by atoms with Crippen molar-refractivity contribution < 1.29 is 46.4 Å². The van der Waals surface area contributed by atoms with Gasteiger partial charge in [-0.05, 0) is 113 Å². The maximum atomic E-state index is 13.7. The molecule has 0 aromatic heterocycles. The molecule has 0 saturated carbocycles. The highest BCUT2D eigenvalue weighted by Gasteiger charge is 2.34. The number of anilines is 1.